The van der Waals surface area contributed by atoms with Crippen LogP contribution in [0.1, 0.15) is 11.3 Å². The summed E-state index contributed by atoms with van der Waals surface area (Å²) < 4.78 is 0. The molecule has 1 heterocycles. The summed E-state index contributed by atoms with van der Waals surface area (Å²) in [6, 6.07) is 20.8. The molecular weight excluding hydrogens is 242 g/mol. The van der Waals surface area contributed by atoms with Crippen molar-refractivity contribution in [2.24, 2.45) is 0 Å². The average Bonchev–Trinajstić information content (AvgIpc) is 2.84. The Kier molecular flexibility index (Phi) is 2.33. The largest absolute Gasteiger partial charge is 0.256 e. The van der Waals surface area contributed by atoms with Crippen molar-refractivity contribution >= 4 is 12.2 Å². The molecule has 0 aliphatic heterocycles. The van der Waals surface area contributed by atoms with Crippen LogP contribution in [-0.4, -0.2) is 4.98 Å². The van der Waals surface area contributed by atoms with E-state index in [0.717, 1.165) is 10.9 Å². The van der Waals surface area contributed by atoms with E-state index in [1.807, 2.05) is 18.3 Å². The summed E-state index contributed by atoms with van der Waals surface area (Å²) in [6.07, 6.45) is 1.84. The lowest BCUT2D eigenvalue weighted by Gasteiger charge is -2.04. The van der Waals surface area contributed by atoms with Crippen molar-refractivity contribution in [2.45, 2.75) is 0 Å². The Morgan fingerprint density at radius 3 is 2.25 bits per heavy atom. The molecule has 1 aliphatic carbocycles. The van der Waals surface area contributed by atoms with Gasteiger partial charge in [0.15, 0.2) is 0 Å². The molecule has 1 aliphatic rings. The fourth-order valence-corrected chi connectivity index (χ4v) is 2.97. The zero-order valence-corrected chi connectivity index (χ0v) is 11.0. The standard InChI is InChI=1S/C19H13N/c1-13-7-6-10-15-14-8-2-3-9-16(14)19(18(13)15)17-11-4-5-12-20-17/h2-12H,1H2. The summed E-state index contributed by atoms with van der Waals surface area (Å²) >= 11 is 0. The molecule has 4 rings (SSSR count). The molecule has 0 fully saturated rings. The van der Waals surface area contributed by atoms with Gasteiger partial charge in [-0.2, -0.15) is 0 Å². The van der Waals surface area contributed by atoms with Gasteiger partial charge in [-0.25, -0.2) is 0 Å². The van der Waals surface area contributed by atoms with Crippen molar-refractivity contribution in [1.29, 1.82) is 0 Å². The van der Waals surface area contributed by atoms with Crippen LogP contribution in [0, 0.1) is 0 Å². The summed E-state index contributed by atoms with van der Waals surface area (Å²) in [4.78, 5) is 4.53. The summed E-state index contributed by atoms with van der Waals surface area (Å²) in [5.41, 5.74) is 5.98. The highest BCUT2D eigenvalue weighted by atomic mass is 14.7. The van der Waals surface area contributed by atoms with E-state index in [1.54, 1.807) is 0 Å². The molecule has 1 nitrogen and oxygen atoms in total. The first-order valence-electron chi connectivity index (χ1n) is 6.70. The number of rotatable bonds is 1. The Morgan fingerprint density at radius 2 is 1.45 bits per heavy atom. The van der Waals surface area contributed by atoms with E-state index >= 15 is 0 Å². The summed E-state index contributed by atoms with van der Waals surface area (Å²) in [5, 5.41) is 2.27. The smallest absolute Gasteiger partial charge is 0.0714 e. The summed E-state index contributed by atoms with van der Waals surface area (Å²) in [6.45, 7) is 4.20. The maximum absolute atomic E-state index is 4.53. The number of benzene rings is 2. The predicted octanol–water partition coefficient (Wildman–Crippen LogP) is 2.72. The molecule has 1 heteroatoms. The first kappa shape index (κ1) is 11.2. The van der Waals surface area contributed by atoms with Gasteiger partial charge < -0.3 is 0 Å². The highest BCUT2D eigenvalue weighted by Gasteiger charge is 2.21. The van der Waals surface area contributed by atoms with Crippen LogP contribution in [0.3, 0.4) is 0 Å². The molecule has 0 N–H and O–H groups in total. The minimum Gasteiger partial charge on any atom is -0.256 e. The van der Waals surface area contributed by atoms with Gasteiger partial charge >= 0.3 is 0 Å². The van der Waals surface area contributed by atoms with Crippen LogP contribution in [0.25, 0.3) is 23.3 Å². The molecule has 0 atom stereocenters. The number of pyridine rings is 1. The van der Waals surface area contributed by atoms with Gasteiger partial charge in [0.2, 0.25) is 0 Å². The third kappa shape index (κ3) is 1.47. The van der Waals surface area contributed by atoms with Crippen molar-refractivity contribution in [3.05, 3.63) is 88.6 Å². The van der Waals surface area contributed by atoms with Crippen molar-refractivity contribution in [1.82, 2.24) is 4.98 Å². The monoisotopic (exact) mass is 255 g/mol. The molecule has 2 aromatic carbocycles. The Morgan fingerprint density at radius 1 is 0.700 bits per heavy atom. The maximum atomic E-state index is 4.53. The van der Waals surface area contributed by atoms with Crippen LogP contribution in [0.2, 0.25) is 0 Å². The van der Waals surface area contributed by atoms with Crippen molar-refractivity contribution < 1.29 is 0 Å². The summed E-state index contributed by atoms with van der Waals surface area (Å²) in [5.74, 6) is 0. The van der Waals surface area contributed by atoms with E-state index < -0.39 is 0 Å². The second-order valence-electron chi connectivity index (χ2n) is 4.98. The van der Waals surface area contributed by atoms with E-state index in [9.17, 15) is 0 Å². The van der Waals surface area contributed by atoms with Crippen LogP contribution in [-0.2, 0) is 0 Å². The molecule has 0 saturated heterocycles. The van der Waals surface area contributed by atoms with E-state index in [-0.39, 0.29) is 0 Å². The van der Waals surface area contributed by atoms with Crippen LogP contribution < -0.4 is 10.4 Å². The van der Waals surface area contributed by atoms with E-state index in [2.05, 4.69) is 60.1 Å². The zero-order valence-electron chi connectivity index (χ0n) is 11.0. The number of nitrogens with zero attached hydrogens (tertiary/aromatic N) is 1. The fourth-order valence-electron chi connectivity index (χ4n) is 2.97. The third-order valence-corrected chi connectivity index (χ3v) is 3.81. The Hall–Kier alpha value is -2.67. The van der Waals surface area contributed by atoms with Gasteiger partial charge in [0.1, 0.15) is 0 Å². The predicted molar refractivity (Wildman–Crippen MR) is 82.5 cm³/mol. The van der Waals surface area contributed by atoms with Crippen molar-refractivity contribution in [3.63, 3.8) is 0 Å². The van der Waals surface area contributed by atoms with Gasteiger partial charge in [0.25, 0.3) is 0 Å². The first-order valence-corrected chi connectivity index (χ1v) is 6.70. The third-order valence-electron chi connectivity index (χ3n) is 3.81. The number of hydrogen-bond donors (Lipinski definition) is 0. The van der Waals surface area contributed by atoms with Gasteiger partial charge in [0, 0.05) is 11.8 Å². The van der Waals surface area contributed by atoms with Crippen LogP contribution in [0.15, 0.2) is 66.9 Å². The van der Waals surface area contributed by atoms with Gasteiger partial charge in [-0.05, 0) is 39.3 Å². The Labute approximate surface area is 117 Å². The zero-order chi connectivity index (χ0) is 13.5. The van der Waals surface area contributed by atoms with E-state index in [1.165, 1.54) is 27.5 Å². The second-order valence-corrected chi connectivity index (χ2v) is 4.98. The highest BCUT2D eigenvalue weighted by Crippen LogP contribution is 2.33. The molecule has 0 unspecified atom stereocenters. The summed E-state index contributed by atoms with van der Waals surface area (Å²) in [7, 11) is 0. The Bertz CT molecular complexity index is 908. The molecule has 94 valence electrons. The van der Waals surface area contributed by atoms with Gasteiger partial charge in [-0.1, -0.05) is 55.1 Å². The van der Waals surface area contributed by atoms with Crippen LogP contribution in [0.4, 0.5) is 0 Å². The SMILES string of the molecule is C=c1cccc2c1=C(c1ccccn1)c1ccccc1-2. The lowest BCUT2D eigenvalue weighted by atomic mass is 10.0. The second kappa shape index (κ2) is 4.17. The average molecular weight is 255 g/mol. The van der Waals surface area contributed by atoms with Gasteiger partial charge in [0.05, 0.1) is 5.69 Å². The normalized spacial score (nSPS) is 12.1. The number of aromatic nitrogens is 1. The van der Waals surface area contributed by atoms with E-state index in [0.29, 0.717) is 0 Å². The lowest BCUT2D eigenvalue weighted by molar-refractivity contribution is 1.27. The molecule has 0 amide bonds. The lowest BCUT2D eigenvalue weighted by Crippen LogP contribution is -2.25. The van der Waals surface area contributed by atoms with Crippen molar-refractivity contribution in [2.75, 3.05) is 0 Å². The fraction of sp³-hybridized carbons (Fsp3) is 0. The molecule has 0 radical (unpaired) electrons. The maximum Gasteiger partial charge on any atom is 0.0714 e. The minimum absolute atomic E-state index is 1.01. The van der Waals surface area contributed by atoms with Crippen LogP contribution >= 0.6 is 0 Å². The van der Waals surface area contributed by atoms with Gasteiger partial charge in [-0.3, -0.25) is 4.98 Å². The van der Waals surface area contributed by atoms with E-state index in [4.69, 9.17) is 0 Å². The molecular formula is C19H13N. The molecule has 20 heavy (non-hydrogen) atoms. The first-order chi connectivity index (χ1) is 9.86. The highest BCUT2D eigenvalue weighted by molar-refractivity contribution is 5.94. The van der Waals surface area contributed by atoms with Gasteiger partial charge in [-0.15, -0.1) is 0 Å². The molecule has 3 aromatic rings. The topological polar surface area (TPSA) is 12.9 Å². The quantitative estimate of drug-likeness (QED) is 0.509. The molecule has 0 bridgehead atoms. The molecule has 0 saturated carbocycles. The molecule has 1 aromatic heterocycles. The Balaban J connectivity index is 2.22. The molecule has 0 spiro atoms. The van der Waals surface area contributed by atoms with Crippen molar-refractivity contribution in [3.8, 4) is 11.1 Å². The number of hydrogen-bond acceptors (Lipinski definition) is 1. The van der Waals surface area contributed by atoms with Crippen LogP contribution in [0.5, 0.6) is 0 Å². The number of fused-ring (bicyclic) bond motifs is 3. The minimum atomic E-state index is 1.01.